The summed E-state index contributed by atoms with van der Waals surface area (Å²) in [6, 6.07) is 10.8. The molecule has 32 heavy (non-hydrogen) atoms. The molecule has 0 aliphatic carbocycles. The maximum atomic E-state index is 12.7. The van der Waals surface area contributed by atoms with Gasteiger partial charge in [-0.25, -0.2) is 0 Å². The summed E-state index contributed by atoms with van der Waals surface area (Å²) in [7, 11) is 0. The van der Waals surface area contributed by atoms with Crippen LogP contribution >= 0.6 is 0 Å². The minimum atomic E-state index is -0.197. The lowest BCUT2D eigenvalue weighted by atomic mass is 10.1. The van der Waals surface area contributed by atoms with Gasteiger partial charge in [-0.3, -0.25) is 14.4 Å². The van der Waals surface area contributed by atoms with E-state index in [0.29, 0.717) is 42.1 Å². The Hall–Kier alpha value is -3.35. The minimum absolute atomic E-state index is 0.0478. The Morgan fingerprint density at radius 3 is 2.62 bits per heavy atom. The molecule has 0 unspecified atom stereocenters. The lowest BCUT2D eigenvalue weighted by molar-refractivity contribution is -0.123. The van der Waals surface area contributed by atoms with E-state index >= 15 is 0 Å². The molecule has 2 aromatic carbocycles. The van der Waals surface area contributed by atoms with Crippen LogP contribution in [-0.2, 0) is 9.59 Å². The highest BCUT2D eigenvalue weighted by Gasteiger charge is 2.26. The van der Waals surface area contributed by atoms with Crippen LogP contribution in [0, 0.1) is 13.8 Å². The normalized spacial score (nSPS) is 12.9. The number of amides is 2. The zero-order chi connectivity index (χ0) is 23.3. The highest BCUT2D eigenvalue weighted by molar-refractivity contribution is 6.02. The van der Waals surface area contributed by atoms with E-state index in [0.717, 1.165) is 11.1 Å². The van der Waals surface area contributed by atoms with Gasteiger partial charge in [0.05, 0.1) is 5.69 Å². The fourth-order valence-corrected chi connectivity index (χ4v) is 3.45. The third-order valence-electron chi connectivity index (χ3n) is 5.31. The van der Waals surface area contributed by atoms with Crippen molar-refractivity contribution in [1.82, 2.24) is 5.32 Å². The summed E-state index contributed by atoms with van der Waals surface area (Å²) in [5, 5.41) is 2.84. The number of carbonyl (C=O) groups excluding carboxylic acids is 3. The smallest absolute Gasteiger partial charge is 0.265 e. The van der Waals surface area contributed by atoms with Crippen LogP contribution in [-0.4, -0.2) is 43.4 Å². The first kappa shape index (κ1) is 23.3. The van der Waals surface area contributed by atoms with E-state index < -0.39 is 0 Å². The van der Waals surface area contributed by atoms with Crippen molar-refractivity contribution in [3.63, 3.8) is 0 Å². The molecule has 0 radical (unpaired) electrons. The number of nitrogens with one attached hydrogen (secondary N) is 1. The first-order chi connectivity index (χ1) is 15.2. The predicted octanol–water partition coefficient (Wildman–Crippen LogP) is 3.60. The average molecular weight is 439 g/mol. The van der Waals surface area contributed by atoms with Crippen LogP contribution in [0.25, 0.3) is 0 Å². The number of nitrogens with zero attached hydrogens (tertiary/aromatic N) is 1. The molecular weight excluding hydrogens is 408 g/mol. The van der Waals surface area contributed by atoms with Gasteiger partial charge in [0.15, 0.2) is 19.0 Å². The second-order valence-corrected chi connectivity index (χ2v) is 8.30. The zero-order valence-electron chi connectivity index (χ0n) is 19.1. The monoisotopic (exact) mass is 438 g/mol. The van der Waals surface area contributed by atoms with E-state index in [9.17, 15) is 14.4 Å². The van der Waals surface area contributed by atoms with Crippen LogP contribution in [0.5, 0.6) is 11.5 Å². The van der Waals surface area contributed by atoms with Crippen LogP contribution < -0.4 is 19.7 Å². The molecule has 3 rings (SSSR count). The van der Waals surface area contributed by atoms with Gasteiger partial charge >= 0.3 is 0 Å². The van der Waals surface area contributed by atoms with E-state index in [1.54, 1.807) is 23.1 Å². The van der Waals surface area contributed by atoms with Gasteiger partial charge in [-0.2, -0.15) is 0 Å². The number of fused-ring (bicyclic) bond motifs is 1. The van der Waals surface area contributed by atoms with Crippen LogP contribution in [0.3, 0.4) is 0 Å². The predicted molar refractivity (Wildman–Crippen MR) is 123 cm³/mol. The molecule has 1 aliphatic rings. The number of hydrogen-bond acceptors (Lipinski definition) is 5. The third-order valence-corrected chi connectivity index (χ3v) is 5.31. The Balaban J connectivity index is 1.67. The van der Waals surface area contributed by atoms with Gasteiger partial charge in [0.25, 0.3) is 5.91 Å². The standard InChI is InChI=1S/C25H30N2O5/c1-16(2)26-24(29)6-5-11-27-21-13-19(8-10-23(21)32-15-25(27)30)22(28)14-31-20-9-7-17(3)18(4)12-20/h7-10,12-13,16H,5-6,11,14-15H2,1-4H3,(H,26,29). The first-order valence-electron chi connectivity index (χ1n) is 10.8. The molecule has 7 nitrogen and oxygen atoms in total. The molecule has 0 saturated heterocycles. The van der Waals surface area contributed by atoms with Crippen molar-refractivity contribution in [2.24, 2.45) is 0 Å². The first-order valence-corrected chi connectivity index (χ1v) is 10.8. The number of aryl methyl sites for hydroxylation is 2. The molecule has 7 heteroatoms. The van der Waals surface area contributed by atoms with Gasteiger partial charge in [0.2, 0.25) is 5.91 Å². The molecule has 0 bridgehead atoms. The van der Waals surface area contributed by atoms with Crippen molar-refractivity contribution < 1.29 is 23.9 Å². The van der Waals surface area contributed by atoms with E-state index in [4.69, 9.17) is 9.47 Å². The number of ether oxygens (including phenoxy) is 2. The molecule has 0 spiro atoms. The van der Waals surface area contributed by atoms with E-state index in [2.05, 4.69) is 5.32 Å². The number of rotatable bonds is 9. The van der Waals surface area contributed by atoms with E-state index in [1.165, 1.54) is 0 Å². The maximum Gasteiger partial charge on any atom is 0.265 e. The summed E-state index contributed by atoms with van der Waals surface area (Å²) >= 11 is 0. The third kappa shape index (κ3) is 5.87. The van der Waals surface area contributed by atoms with Gasteiger partial charge in [0, 0.05) is 24.6 Å². The average Bonchev–Trinajstić information content (AvgIpc) is 2.75. The summed E-state index contributed by atoms with van der Waals surface area (Å²) in [6.07, 6.45) is 0.832. The van der Waals surface area contributed by atoms with Gasteiger partial charge in [-0.15, -0.1) is 0 Å². The summed E-state index contributed by atoms with van der Waals surface area (Å²) in [5.41, 5.74) is 3.23. The second-order valence-electron chi connectivity index (χ2n) is 8.30. The van der Waals surface area contributed by atoms with Crippen LogP contribution in [0.15, 0.2) is 36.4 Å². The molecule has 1 aliphatic heterocycles. The van der Waals surface area contributed by atoms with Gasteiger partial charge in [-0.05, 0) is 75.6 Å². The van der Waals surface area contributed by atoms with Crippen molar-refractivity contribution in [2.75, 3.05) is 24.7 Å². The molecule has 1 heterocycles. The Kier molecular flexibility index (Phi) is 7.51. The summed E-state index contributed by atoms with van der Waals surface area (Å²) < 4.78 is 11.2. The van der Waals surface area contributed by atoms with Crippen molar-refractivity contribution >= 4 is 23.3 Å². The lowest BCUT2D eigenvalue weighted by Crippen LogP contribution is -2.40. The summed E-state index contributed by atoms with van der Waals surface area (Å²) in [4.78, 5) is 38.7. The number of ketones is 1. The molecule has 2 amide bonds. The quantitative estimate of drug-likeness (QED) is 0.605. The number of carbonyl (C=O) groups is 3. The highest BCUT2D eigenvalue weighted by Crippen LogP contribution is 2.33. The lowest BCUT2D eigenvalue weighted by Gasteiger charge is -2.29. The van der Waals surface area contributed by atoms with Crippen molar-refractivity contribution in [2.45, 2.75) is 46.6 Å². The van der Waals surface area contributed by atoms with Crippen molar-refractivity contribution in [3.05, 3.63) is 53.1 Å². The maximum absolute atomic E-state index is 12.7. The number of Topliss-reactive ketones (excluding diaryl/α,β-unsaturated/α-hetero) is 1. The fraction of sp³-hybridized carbons (Fsp3) is 0.400. The Morgan fingerprint density at radius 2 is 1.91 bits per heavy atom. The van der Waals surface area contributed by atoms with Crippen LogP contribution in [0.1, 0.15) is 48.2 Å². The number of benzene rings is 2. The largest absolute Gasteiger partial charge is 0.485 e. The van der Waals surface area contributed by atoms with E-state index in [1.807, 2.05) is 45.9 Å². The topological polar surface area (TPSA) is 84.9 Å². The number of hydrogen-bond donors (Lipinski definition) is 1. The molecule has 170 valence electrons. The van der Waals surface area contributed by atoms with Gasteiger partial charge in [0.1, 0.15) is 11.5 Å². The Morgan fingerprint density at radius 1 is 1.12 bits per heavy atom. The molecule has 0 atom stereocenters. The molecule has 2 aromatic rings. The van der Waals surface area contributed by atoms with Crippen LogP contribution in [0.4, 0.5) is 5.69 Å². The Bertz CT molecular complexity index is 1020. The summed E-state index contributed by atoms with van der Waals surface area (Å²) in [6.45, 7) is 8.02. The summed E-state index contributed by atoms with van der Waals surface area (Å²) in [5.74, 6) is 0.744. The fourth-order valence-electron chi connectivity index (χ4n) is 3.45. The highest BCUT2D eigenvalue weighted by atomic mass is 16.5. The minimum Gasteiger partial charge on any atom is -0.485 e. The van der Waals surface area contributed by atoms with Gasteiger partial charge in [-0.1, -0.05) is 6.07 Å². The van der Waals surface area contributed by atoms with Gasteiger partial charge < -0.3 is 19.7 Å². The Labute approximate surface area is 188 Å². The second kappa shape index (κ2) is 10.3. The SMILES string of the molecule is Cc1ccc(OCC(=O)c2ccc3c(c2)N(CCCC(=O)NC(C)C)C(=O)CO3)cc1C. The molecule has 0 saturated carbocycles. The van der Waals surface area contributed by atoms with Crippen molar-refractivity contribution in [1.29, 1.82) is 0 Å². The molecular formula is C25H30N2O5. The number of anilines is 1. The van der Waals surface area contributed by atoms with E-state index in [-0.39, 0.29) is 36.9 Å². The molecule has 1 N–H and O–H groups in total. The zero-order valence-corrected chi connectivity index (χ0v) is 19.1. The van der Waals surface area contributed by atoms with Crippen LogP contribution in [0.2, 0.25) is 0 Å². The molecule has 0 aromatic heterocycles. The van der Waals surface area contributed by atoms with Crippen molar-refractivity contribution in [3.8, 4) is 11.5 Å². The molecule has 0 fully saturated rings.